The maximum absolute atomic E-state index is 13.2. The predicted molar refractivity (Wildman–Crippen MR) is 138 cm³/mol. The van der Waals surface area contributed by atoms with E-state index in [0.29, 0.717) is 5.82 Å². The van der Waals surface area contributed by atoms with Crippen LogP contribution < -0.4 is 19.7 Å². The van der Waals surface area contributed by atoms with E-state index in [2.05, 4.69) is 52.8 Å². The van der Waals surface area contributed by atoms with Crippen molar-refractivity contribution in [1.82, 2.24) is 15.5 Å². The van der Waals surface area contributed by atoms with Crippen molar-refractivity contribution in [3.63, 3.8) is 0 Å². The van der Waals surface area contributed by atoms with Crippen molar-refractivity contribution in [2.75, 3.05) is 11.9 Å². The smallest absolute Gasteiger partial charge is 0.489 e. The van der Waals surface area contributed by atoms with Crippen LogP contribution in [0.1, 0.15) is 46.1 Å². The normalized spacial score (nSPS) is 17.3. The molecule has 6 nitrogen and oxygen atoms in total. The zero-order valence-electron chi connectivity index (χ0n) is 21.8. The highest BCUT2D eigenvalue weighted by atomic mass is 19.4. The number of ether oxygens (including phenoxy) is 2. The summed E-state index contributed by atoms with van der Waals surface area (Å²) in [5.41, 5.74) is 1.27. The molecule has 0 spiro atoms. The molecule has 1 saturated heterocycles. The van der Waals surface area contributed by atoms with Gasteiger partial charge < -0.3 is 19.7 Å². The lowest BCUT2D eigenvalue weighted by Gasteiger charge is -2.49. The number of rotatable bonds is 7. The zero-order valence-corrected chi connectivity index (χ0v) is 21.8. The number of nitrogens with one attached hydrogen (secondary N) is 1. The third kappa shape index (κ3) is 7.13. The fraction of sp³-hybridized carbons (Fsp3) is 0.429. The minimum atomic E-state index is -4.87. The summed E-state index contributed by atoms with van der Waals surface area (Å²) >= 11 is 0. The van der Waals surface area contributed by atoms with Crippen molar-refractivity contribution >= 4 is 5.82 Å². The zero-order chi connectivity index (χ0) is 26.8. The van der Waals surface area contributed by atoms with Crippen LogP contribution in [0.2, 0.25) is 0 Å². The molecule has 3 aromatic rings. The summed E-state index contributed by atoms with van der Waals surface area (Å²) in [5, 5.41) is 12.3. The summed E-state index contributed by atoms with van der Waals surface area (Å²) in [6, 6.07) is 17.4. The standard InChI is InChI=1S/C28H33F3N4O2/c1-26(2)16-20(17-27(3,4)34-26)35(5)25-14-13-23(32-33-25)22-12-11-21(15-24(22)37-28(29,30)31)36-18-19-9-7-6-8-10-19/h6-15,20,34H,16-18H2,1-5H3. The first kappa shape index (κ1) is 26.7. The van der Waals surface area contributed by atoms with Crippen molar-refractivity contribution in [1.29, 1.82) is 0 Å². The van der Waals surface area contributed by atoms with Crippen LogP contribution in [0.4, 0.5) is 19.0 Å². The molecule has 0 saturated carbocycles. The van der Waals surface area contributed by atoms with E-state index in [-0.39, 0.29) is 40.7 Å². The second-order valence-electron chi connectivity index (χ2n) is 10.8. The highest BCUT2D eigenvalue weighted by Crippen LogP contribution is 2.37. The van der Waals surface area contributed by atoms with Crippen LogP contribution in [0.3, 0.4) is 0 Å². The average molecular weight is 515 g/mol. The molecule has 4 rings (SSSR count). The number of halogens is 3. The number of anilines is 1. The molecule has 9 heteroatoms. The third-order valence-electron chi connectivity index (χ3n) is 6.43. The molecule has 1 fully saturated rings. The van der Waals surface area contributed by atoms with Crippen LogP contribution in [0.15, 0.2) is 60.7 Å². The number of aromatic nitrogens is 2. The van der Waals surface area contributed by atoms with E-state index in [9.17, 15) is 13.2 Å². The maximum atomic E-state index is 13.2. The Morgan fingerprint density at radius 2 is 1.62 bits per heavy atom. The minimum absolute atomic E-state index is 0.0395. The van der Waals surface area contributed by atoms with E-state index in [4.69, 9.17) is 4.74 Å². The number of hydrogen-bond acceptors (Lipinski definition) is 6. The topological polar surface area (TPSA) is 59.5 Å². The number of hydrogen-bond donors (Lipinski definition) is 1. The van der Waals surface area contributed by atoms with Gasteiger partial charge in [-0.1, -0.05) is 30.3 Å². The highest BCUT2D eigenvalue weighted by molar-refractivity contribution is 5.69. The second kappa shape index (κ2) is 10.2. The molecular weight excluding hydrogens is 481 g/mol. The molecule has 0 amide bonds. The molecule has 1 aliphatic heterocycles. The molecule has 0 aliphatic carbocycles. The first-order valence-corrected chi connectivity index (χ1v) is 12.2. The van der Waals surface area contributed by atoms with Gasteiger partial charge in [0.2, 0.25) is 0 Å². The van der Waals surface area contributed by atoms with Gasteiger partial charge in [-0.25, -0.2) is 0 Å². The lowest BCUT2D eigenvalue weighted by atomic mass is 9.79. The van der Waals surface area contributed by atoms with Crippen LogP contribution in [0, 0.1) is 0 Å². The van der Waals surface area contributed by atoms with Gasteiger partial charge in [-0.05, 0) is 70.4 Å². The Morgan fingerprint density at radius 3 is 2.22 bits per heavy atom. The minimum Gasteiger partial charge on any atom is -0.489 e. The van der Waals surface area contributed by atoms with Crippen molar-refractivity contribution in [2.24, 2.45) is 0 Å². The monoisotopic (exact) mass is 514 g/mol. The SMILES string of the molecule is CN(c1ccc(-c2ccc(OCc3ccccc3)cc2OC(F)(F)F)nn1)C1CC(C)(C)NC(C)(C)C1. The van der Waals surface area contributed by atoms with Crippen LogP contribution in [-0.2, 0) is 6.61 Å². The Hall–Kier alpha value is -3.33. The molecule has 0 unspecified atom stereocenters. The summed E-state index contributed by atoms with van der Waals surface area (Å²) in [7, 11) is 1.98. The van der Waals surface area contributed by atoms with Crippen LogP contribution in [0.5, 0.6) is 11.5 Å². The number of alkyl halides is 3. The molecule has 1 aromatic heterocycles. The third-order valence-corrected chi connectivity index (χ3v) is 6.43. The molecule has 2 aromatic carbocycles. The van der Waals surface area contributed by atoms with E-state index < -0.39 is 12.1 Å². The Bertz CT molecular complexity index is 1180. The van der Waals surface area contributed by atoms with E-state index in [1.54, 1.807) is 18.2 Å². The first-order chi connectivity index (χ1) is 17.3. The van der Waals surface area contributed by atoms with Gasteiger partial charge in [0.05, 0.1) is 5.69 Å². The van der Waals surface area contributed by atoms with Gasteiger partial charge in [0, 0.05) is 35.8 Å². The van der Waals surface area contributed by atoms with Crippen LogP contribution in [0.25, 0.3) is 11.3 Å². The molecule has 1 N–H and O–H groups in total. The number of nitrogens with zero attached hydrogens (tertiary/aromatic N) is 3. The molecule has 37 heavy (non-hydrogen) atoms. The van der Waals surface area contributed by atoms with Gasteiger partial charge >= 0.3 is 6.36 Å². The summed E-state index contributed by atoms with van der Waals surface area (Å²) in [5.74, 6) is 0.519. The molecule has 0 bridgehead atoms. The first-order valence-electron chi connectivity index (χ1n) is 12.2. The van der Waals surface area contributed by atoms with E-state index in [1.165, 1.54) is 12.1 Å². The highest BCUT2D eigenvalue weighted by Gasteiger charge is 2.39. The molecular formula is C28H33F3N4O2. The largest absolute Gasteiger partial charge is 0.573 e. The Kier molecular flexibility index (Phi) is 7.37. The van der Waals surface area contributed by atoms with Gasteiger partial charge in [0.15, 0.2) is 5.82 Å². The molecule has 0 atom stereocenters. The summed E-state index contributed by atoms with van der Waals surface area (Å²) < 4.78 is 49.7. The quantitative estimate of drug-likeness (QED) is 0.396. The Balaban J connectivity index is 1.55. The fourth-order valence-electron chi connectivity index (χ4n) is 5.14. The molecule has 1 aliphatic rings. The molecule has 2 heterocycles. The summed E-state index contributed by atoms with van der Waals surface area (Å²) in [6.07, 6.45) is -3.02. The average Bonchev–Trinajstić information content (AvgIpc) is 2.80. The molecule has 198 valence electrons. The predicted octanol–water partition coefficient (Wildman–Crippen LogP) is 6.37. The Morgan fingerprint density at radius 1 is 0.946 bits per heavy atom. The second-order valence-corrected chi connectivity index (χ2v) is 10.8. The van der Waals surface area contributed by atoms with Crippen molar-refractivity contribution in [3.8, 4) is 22.8 Å². The van der Waals surface area contributed by atoms with E-state index in [0.717, 1.165) is 18.4 Å². The summed E-state index contributed by atoms with van der Waals surface area (Å²) in [4.78, 5) is 2.09. The van der Waals surface area contributed by atoms with Crippen LogP contribution >= 0.6 is 0 Å². The van der Waals surface area contributed by atoms with Crippen LogP contribution in [-0.4, -0.2) is 40.7 Å². The van der Waals surface area contributed by atoms with Gasteiger partial charge in [0.25, 0.3) is 0 Å². The Labute approximate surface area is 215 Å². The molecule has 0 radical (unpaired) electrons. The number of benzene rings is 2. The lowest BCUT2D eigenvalue weighted by Crippen LogP contribution is -2.62. The maximum Gasteiger partial charge on any atom is 0.573 e. The summed E-state index contributed by atoms with van der Waals surface area (Å²) in [6.45, 7) is 8.94. The van der Waals surface area contributed by atoms with Crippen molar-refractivity contribution in [3.05, 3.63) is 66.2 Å². The van der Waals surface area contributed by atoms with Crippen molar-refractivity contribution < 1.29 is 22.6 Å². The number of piperidine rings is 1. The van der Waals surface area contributed by atoms with E-state index >= 15 is 0 Å². The lowest BCUT2D eigenvalue weighted by molar-refractivity contribution is -0.274. The van der Waals surface area contributed by atoms with Crippen molar-refractivity contribution in [2.45, 2.75) is 70.6 Å². The van der Waals surface area contributed by atoms with E-state index in [1.807, 2.05) is 37.4 Å². The van der Waals surface area contributed by atoms with Gasteiger partial charge in [-0.15, -0.1) is 23.4 Å². The fourth-order valence-corrected chi connectivity index (χ4v) is 5.14. The van der Waals surface area contributed by atoms with Gasteiger partial charge in [-0.2, -0.15) is 0 Å². The van der Waals surface area contributed by atoms with Gasteiger partial charge in [0.1, 0.15) is 18.1 Å². The van der Waals surface area contributed by atoms with Gasteiger partial charge in [-0.3, -0.25) is 0 Å².